The van der Waals surface area contributed by atoms with Crippen LogP contribution in [-0.4, -0.2) is 29.6 Å². The monoisotopic (exact) mass is 233 g/mol. The highest BCUT2D eigenvalue weighted by Crippen LogP contribution is 2.36. The van der Waals surface area contributed by atoms with E-state index >= 15 is 0 Å². The third-order valence-electron chi connectivity index (χ3n) is 3.84. The summed E-state index contributed by atoms with van der Waals surface area (Å²) in [4.78, 5) is 13.4. The molecule has 2 unspecified atom stereocenters. The van der Waals surface area contributed by atoms with Crippen LogP contribution in [-0.2, 0) is 4.79 Å². The average Bonchev–Trinajstić information content (AvgIpc) is 2.64. The first-order chi connectivity index (χ1) is 8.00. The fourth-order valence-electron chi connectivity index (χ4n) is 2.64. The van der Waals surface area contributed by atoms with Crippen molar-refractivity contribution < 1.29 is 9.90 Å². The highest BCUT2D eigenvalue weighted by atomic mass is 16.4. The molecule has 1 aromatic carbocycles. The number of rotatable bonds is 2. The van der Waals surface area contributed by atoms with Gasteiger partial charge in [0.2, 0.25) is 0 Å². The van der Waals surface area contributed by atoms with Gasteiger partial charge >= 0.3 is 5.97 Å². The Morgan fingerprint density at radius 1 is 1.35 bits per heavy atom. The predicted molar refractivity (Wildman–Crippen MR) is 67.0 cm³/mol. The van der Waals surface area contributed by atoms with Gasteiger partial charge in [0, 0.05) is 6.04 Å². The number of hydrogen-bond acceptors (Lipinski definition) is 2. The van der Waals surface area contributed by atoms with Crippen LogP contribution in [0.3, 0.4) is 0 Å². The number of carboxylic acid groups (broad SMARTS) is 1. The van der Waals surface area contributed by atoms with Crippen LogP contribution in [0.5, 0.6) is 0 Å². The molecular formula is C14H19NO2. The normalized spacial score (nSPS) is 25.1. The Morgan fingerprint density at radius 3 is 2.65 bits per heavy atom. The molecule has 0 amide bonds. The van der Waals surface area contributed by atoms with Gasteiger partial charge < -0.3 is 5.11 Å². The molecule has 1 N–H and O–H groups in total. The molecule has 0 aromatic heterocycles. The third-order valence-corrected chi connectivity index (χ3v) is 3.84. The molecule has 3 nitrogen and oxygen atoms in total. The Hall–Kier alpha value is -1.35. The number of aliphatic carboxylic acids is 1. The molecule has 0 saturated carbocycles. The van der Waals surface area contributed by atoms with Crippen molar-refractivity contribution in [3.63, 3.8) is 0 Å². The van der Waals surface area contributed by atoms with Crippen molar-refractivity contribution in [1.29, 1.82) is 0 Å². The zero-order chi connectivity index (χ0) is 12.6. The summed E-state index contributed by atoms with van der Waals surface area (Å²) >= 11 is 0. The molecule has 17 heavy (non-hydrogen) atoms. The second-order valence-corrected chi connectivity index (χ2v) is 5.00. The number of benzene rings is 1. The maximum absolute atomic E-state index is 11.3. The van der Waals surface area contributed by atoms with Gasteiger partial charge in [-0.2, -0.15) is 0 Å². The van der Waals surface area contributed by atoms with Gasteiger partial charge in [0.25, 0.3) is 0 Å². The van der Waals surface area contributed by atoms with Crippen molar-refractivity contribution in [1.82, 2.24) is 4.90 Å². The van der Waals surface area contributed by atoms with Crippen LogP contribution >= 0.6 is 0 Å². The van der Waals surface area contributed by atoms with Gasteiger partial charge in [-0.25, -0.2) is 0 Å². The molecule has 0 spiro atoms. The van der Waals surface area contributed by atoms with Gasteiger partial charge in [-0.1, -0.05) is 18.2 Å². The number of likely N-dealkylation sites (tertiary alicyclic amines) is 1. The first kappa shape index (κ1) is 12.1. The van der Waals surface area contributed by atoms with E-state index in [1.54, 1.807) is 0 Å². The topological polar surface area (TPSA) is 40.5 Å². The Bertz CT molecular complexity index is 442. The molecule has 0 radical (unpaired) electrons. The van der Waals surface area contributed by atoms with Crippen molar-refractivity contribution >= 4 is 5.97 Å². The summed E-state index contributed by atoms with van der Waals surface area (Å²) < 4.78 is 0. The highest BCUT2D eigenvalue weighted by molar-refractivity contribution is 5.71. The molecule has 3 heteroatoms. The summed E-state index contributed by atoms with van der Waals surface area (Å²) in [6.45, 7) is 5.00. The zero-order valence-electron chi connectivity index (χ0n) is 10.6. The van der Waals surface area contributed by atoms with Crippen LogP contribution in [0.4, 0.5) is 0 Å². The van der Waals surface area contributed by atoms with Gasteiger partial charge in [0.05, 0.1) is 5.92 Å². The highest BCUT2D eigenvalue weighted by Gasteiger charge is 2.37. The van der Waals surface area contributed by atoms with Gasteiger partial charge in [-0.3, -0.25) is 9.69 Å². The summed E-state index contributed by atoms with van der Waals surface area (Å²) in [7, 11) is 2.00. The van der Waals surface area contributed by atoms with E-state index in [-0.39, 0.29) is 12.0 Å². The second kappa shape index (κ2) is 4.49. The maximum atomic E-state index is 11.3. The summed E-state index contributed by atoms with van der Waals surface area (Å²) in [6.07, 6.45) is 0.740. The first-order valence-corrected chi connectivity index (χ1v) is 6.01. The van der Waals surface area contributed by atoms with Gasteiger partial charge in [0.15, 0.2) is 0 Å². The smallest absolute Gasteiger partial charge is 0.308 e. The lowest BCUT2D eigenvalue weighted by Crippen LogP contribution is -2.25. The molecule has 1 aliphatic rings. The molecule has 0 aliphatic carbocycles. The van der Waals surface area contributed by atoms with Crippen molar-refractivity contribution in [2.24, 2.45) is 5.92 Å². The van der Waals surface area contributed by atoms with E-state index < -0.39 is 5.97 Å². The molecule has 92 valence electrons. The lowest BCUT2D eigenvalue weighted by molar-refractivity contribution is -0.142. The molecule has 1 heterocycles. The minimum atomic E-state index is -0.683. The summed E-state index contributed by atoms with van der Waals surface area (Å²) in [5, 5.41) is 9.26. The Balaban J connectivity index is 2.36. The van der Waals surface area contributed by atoms with Gasteiger partial charge in [0.1, 0.15) is 0 Å². The van der Waals surface area contributed by atoms with E-state index in [4.69, 9.17) is 0 Å². The molecule has 1 aromatic rings. The minimum Gasteiger partial charge on any atom is -0.481 e. The summed E-state index contributed by atoms with van der Waals surface area (Å²) in [5.74, 6) is -0.959. The van der Waals surface area contributed by atoms with Crippen molar-refractivity contribution in [2.75, 3.05) is 13.6 Å². The van der Waals surface area contributed by atoms with Crippen LogP contribution < -0.4 is 0 Å². The molecule has 2 rings (SSSR count). The van der Waals surface area contributed by atoms with Crippen molar-refractivity contribution in [3.8, 4) is 0 Å². The quantitative estimate of drug-likeness (QED) is 0.852. The van der Waals surface area contributed by atoms with Crippen LogP contribution in [0.1, 0.15) is 29.2 Å². The summed E-state index contributed by atoms with van der Waals surface area (Å²) in [5.41, 5.74) is 3.61. The number of aryl methyl sites for hydroxylation is 2. The number of hydrogen-bond donors (Lipinski definition) is 1. The fraction of sp³-hybridized carbons (Fsp3) is 0.500. The molecular weight excluding hydrogens is 214 g/mol. The Morgan fingerprint density at radius 2 is 2.06 bits per heavy atom. The fourth-order valence-corrected chi connectivity index (χ4v) is 2.64. The van der Waals surface area contributed by atoms with E-state index in [9.17, 15) is 9.90 Å². The van der Waals surface area contributed by atoms with Crippen LogP contribution in [0, 0.1) is 19.8 Å². The number of carbonyl (C=O) groups is 1. The Labute approximate surface area is 102 Å². The van der Waals surface area contributed by atoms with Gasteiger partial charge in [-0.05, 0) is 50.6 Å². The SMILES string of the molecule is Cc1ccc(C2C(C(=O)O)CCN2C)cc1C. The average molecular weight is 233 g/mol. The van der Waals surface area contributed by atoms with E-state index in [2.05, 4.69) is 36.9 Å². The largest absolute Gasteiger partial charge is 0.481 e. The van der Waals surface area contributed by atoms with Crippen molar-refractivity contribution in [2.45, 2.75) is 26.3 Å². The molecule has 1 aliphatic heterocycles. The zero-order valence-corrected chi connectivity index (χ0v) is 10.6. The maximum Gasteiger partial charge on any atom is 0.308 e. The lowest BCUT2D eigenvalue weighted by atomic mass is 9.92. The van der Waals surface area contributed by atoms with E-state index in [1.807, 2.05) is 7.05 Å². The van der Waals surface area contributed by atoms with E-state index in [0.717, 1.165) is 18.5 Å². The van der Waals surface area contributed by atoms with Crippen LogP contribution in [0.15, 0.2) is 18.2 Å². The van der Waals surface area contributed by atoms with Crippen molar-refractivity contribution in [3.05, 3.63) is 34.9 Å². The molecule has 1 fully saturated rings. The standard InChI is InChI=1S/C14H19NO2/c1-9-4-5-11(8-10(9)2)13-12(14(16)17)6-7-15(13)3/h4-5,8,12-13H,6-7H2,1-3H3,(H,16,17). The molecule has 2 atom stereocenters. The number of carboxylic acids is 1. The third kappa shape index (κ3) is 2.20. The predicted octanol–water partition coefficient (Wildman–Crippen LogP) is 2.38. The Kier molecular flexibility index (Phi) is 3.20. The molecule has 1 saturated heterocycles. The van der Waals surface area contributed by atoms with E-state index in [1.165, 1.54) is 11.1 Å². The molecule has 0 bridgehead atoms. The number of nitrogens with zero attached hydrogens (tertiary/aromatic N) is 1. The first-order valence-electron chi connectivity index (χ1n) is 6.01. The van der Waals surface area contributed by atoms with Gasteiger partial charge in [-0.15, -0.1) is 0 Å². The minimum absolute atomic E-state index is 0.0202. The van der Waals surface area contributed by atoms with Crippen LogP contribution in [0.2, 0.25) is 0 Å². The second-order valence-electron chi connectivity index (χ2n) is 5.00. The summed E-state index contributed by atoms with van der Waals surface area (Å²) in [6, 6.07) is 6.28. The van der Waals surface area contributed by atoms with Crippen LogP contribution in [0.25, 0.3) is 0 Å². The lowest BCUT2D eigenvalue weighted by Gasteiger charge is -2.24. The van der Waals surface area contributed by atoms with E-state index in [0.29, 0.717) is 0 Å².